The zero-order valence-corrected chi connectivity index (χ0v) is 16.7. The molecule has 1 aromatic rings. The number of piperidine rings is 1. The lowest BCUT2D eigenvalue weighted by atomic mass is 9.82. The van der Waals surface area contributed by atoms with Crippen LogP contribution < -0.4 is 5.32 Å². The first-order valence-electron chi connectivity index (χ1n) is 9.30. The van der Waals surface area contributed by atoms with E-state index >= 15 is 0 Å². The molecule has 0 atom stereocenters. The molecule has 142 valence electrons. The molecular weight excluding hydrogens is 338 g/mol. The molecule has 2 aliphatic rings. The fourth-order valence-electron chi connectivity index (χ4n) is 4.29. The molecule has 2 aliphatic heterocycles. The molecule has 0 unspecified atom stereocenters. The van der Waals surface area contributed by atoms with Crippen molar-refractivity contribution in [3.05, 3.63) is 11.6 Å². The summed E-state index contributed by atoms with van der Waals surface area (Å²) in [6.45, 7) is 13.0. The molecule has 1 aromatic heterocycles. The molecule has 0 spiro atoms. The van der Waals surface area contributed by atoms with Crippen LogP contribution in [0.2, 0.25) is 0 Å². The summed E-state index contributed by atoms with van der Waals surface area (Å²) < 4.78 is 2.28. The van der Waals surface area contributed by atoms with Gasteiger partial charge in [0.15, 0.2) is 0 Å². The van der Waals surface area contributed by atoms with E-state index < -0.39 is 0 Å². The zero-order chi connectivity index (χ0) is 17.3. The van der Waals surface area contributed by atoms with Crippen molar-refractivity contribution in [1.82, 2.24) is 25.0 Å². The number of carbonyl (C=O) groups is 1. The van der Waals surface area contributed by atoms with Crippen LogP contribution in [0.1, 0.15) is 64.5 Å². The summed E-state index contributed by atoms with van der Waals surface area (Å²) in [7, 11) is 0. The number of nitrogens with one attached hydrogen (secondary N) is 1. The Morgan fingerprint density at radius 3 is 2.56 bits per heavy atom. The fraction of sp³-hybridized carbons (Fsp3) is 0.833. The molecule has 7 heteroatoms. The van der Waals surface area contributed by atoms with Gasteiger partial charge in [-0.15, -0.1) is 22.6 Å². The van der Waals surface area contributed by atoms with E-state index in [-0.39, 0.29) is 17.8 Å². The molecule has 3 rings (SSSR count). The van der Waals surface area contributed by atoms with Gasteiger partial charge >= 0.3 is 0 Å². The summed E-state index contributed by atoms with van der Waals surface area (Å²) in [5.41, 5.74) is -0.263. The SMILES string of the molecule is CC(C)CC(C)(C)C(=O)N1CCC(c2nnc3n2CCNC3)CC1.Cl. The molecule has 1 N–H and O–H groups in total. The van der Waals surface area contributed by atoms with Crippen molar-refractivity contribution in [1.29, 1.82) is 0 Å². The highest BCUT2D eigenvalue weighted by Crippen LogP contribution is 2.32. The van der Waals surface area contributed by atoms with Crippen LogP contribution in [0.5, 0.6) is 0 Å². The van der Waals surface area contributed by atoms with Crippen LogP contribution in [-0.2, 0) is 17.9 Å². The Morgan fingerprint density at radius 1 is 1.24 bits per heavy atom. The lowest BCUT2D eigenvalue weighted by molar-refractivity contribution is -0.142. The third kappa shape index (κ3) is 4.34. The largest absolute Gasteiger partial charge is 0.342 e. The van der Waals surface area contributed by atoms with Crippen molar-refractivity contribution in [2.75, 3.05) is 19.6 Å². The molecule has 6 nitrogen and oxygen atoms in total. The Labute approximate surface area is 157 Å². The molecule has 3 heterocycles. The third-order valence-corrected chi connectivity index (χ3v) is 5.30. The van der Waals surface area contributed by atoms with Crippen molar-refractivity contribution in [3.63, 3.8) is 0 Å². The minimum atomic E-state index is -0.263. The average molecular weight is 370 g/mol. The van der Waals surface area contributed by atoms with Crippen LogP contribution >= 0.6 is 12.4 Å². The number of rotatable bonds is 4. The van der Waals surface area contributed by atoms with Crippen molar-refractivity contribution >= 4 is 18.3 Å². The second-order valence-corrected chi connectivity index (χ2v) is 8.35. The summed E-state index contributed by atoms with van der Waals surface area (Å²) in [6, 6.07) is 0. The Bertz CT molecular complexity index is 590. The van der Waals surface area contributed by atoms with Gasteiger partial charge < -0.3 is 14.8 Å². The molecule has 25 heavy (non-hydrogen) atoms. The van der Waals surface area contributed by atoms with Crippen LogP contribution in [0.3, 0.4) is 0 Å². The lowest BCUT2D eigenvalue weighted by Gasteiger charge is -2.37. The van der Waals surface area contributed by atoms with Crippen LogP contribution in [0.4, 0.5) is 0 Å². The number of halogens is 1. The van der Waals surface area contributed by atoms with Gasteiger partial charge in [0.1, 0.15) is 11.6 Å². The molecule has 0 aromatic carbocycles. The fourth-order valence-corrected chi connectivity index (χ4v) is 4.29. The molecule has 0 bridgehead atoms. The normalized spacial score (nSPS) is 18.8. The number of fused-ring (bicyclic) bond motifs is 1. The van der Waals surface area contributed by atoms with E-state index in [0.29, 0.717) is 17.7 Å². The highest BCUT2D eigenvalue weighted by Gasteiger charge is 2.35. The smallest absolute Gasteiger partial charge is 0.228 e. The number of likely N-dealkylation sites (tertiary alicyclic amines) is 1. The maximum atomic E-state index is 12.9. The Kier molecular flexibility index (Phi) is 6.49. The Morgan fingerprint density at radius 2 is 1.92 bits per heavy atom. The topological polar surface area (TPSA) is 63.1 Å². The van der Waals surface area contributed by atoms with Crippen LogP contribution in [0.15, 0.2) is 0 Å². The summed E-state index contributed by atoms with van der Waals surface area (Å²) in [6.07, 6.45) is 2.93. The average Bonchev–Trinajstić information content (AvgIpc) is 2.97. The second kappa shape index (κ2) is 8.04. The van der Waals surface area contributed by atoms with E-state index in [2.05, 4.69) is 52.7 Å². The van der Waals surface area contributed by atoms with E-state index in [4.69, 9.17) is 0 Å². The standard InChI is InChI=1S/C18H31N5O.ClH/c1-13(2)11-18(3,4)17(24)22-8-5-14(6-9-22)16-21-20-15-12-19-7-10-23(15)16;/h13-14,19H,5-12H2,1-4H3;1H. The van der Waals surface area contributed by atoms with E-state index in [9.17, 15) is 4.79 Å². The van der Waals surface area contributed by atoms with Gasteiger partial charge in [-0.25, -0.2) is 0 Å². The molecular formula is C18H32ClN5O. The quantitative estimate of drug-likeness (QED) is 0.886. The van der Waals surface area contributed by atoms with Gasteiger partial charge in [0.2, 0.25) is 5.91 Å². The van der Waals surface area contributed by atoms with Crippen LogP contribution in [0.25, 0.3) is 0 Å². The number of nitrogens with zero attached hydrogens (tertiary/aromatic N) is 4. The van der Waals surface area contributed by atoms with Gasteiger partial charge in [0.05, 0.1) is 6.54 Å². The molecule has 1 saturated heterocycles. The number of amides is 1. The monoisotopic (exact) mass is 369 g/mol. The zero-order valence-electron chi connectivity index (χ0n) is 15.9. The maximum Gasteiger partial charge on any atom is 0.228 e. The number of hydrogen-bond acceptors (Lipinski definition) is 4. The van der Waals surface area contributed by atoms with Crippen molar-refractivity contribution < 1.29 is 4.79 Å². The summed E-state index contributed by atoms with van der Waals surface area (Å²) in [4.78, 5) is 14.9. The molecule has 0 aliphatic carbocycles. The Hall–Kier alpha value is -1.14. The first-order valence-corrected chi connectivity index (χ1v) is 9.30. The van der Waals surface area contributed by atoms with E-state index in [1.54, 1.807) is 0 Å². The van der Waals surface area contributed by atoms with Crippen molar-refractivity contribution in [2.45, 2.75) is 66.0 Å². The van der Waals surface area contributed by atoms with Gasteiger partial charge in [0, 0.05) is 37.5 Å². The van der Waals surface area contributed by atoms with Gasteiger partial charge in [0.25, 0.3) is 0 Å². The van der Waals surface area contributed by atoms with Crippen molar-refractivity contribution in [3.8, 4) is 0 Å². The lowest BCUT2D eigenvalue weighted by Crippen LogP contribution is -2.45. The first kappa shape index (κ1) is 20.2. The summed E-state index contributed by atoms with van der Waals surface area (Å²) >= 11 is 0. The van der Waals surface area contributed by atoms with E-state index in [1.165, 1.54) is 0 Å². The van der Waals surface area contributed by atoms with Gasteiger partial charge in [-0.05, 0) is 25.2 Å². The number of hydrogen-bond donors (Lipinski definition) is 1. The second-order valence-electron chi connectivity index (χ2n) is 8.35. The predicted molar refractivity (Wildman–Crippen MR) is 101 cm³/mol. The molecule has 1 fully saturated rings. The summed E-state index contributed by atoms with van der Waals surface area (Å²) in [5.74, 6) is 3.45. The Balaban J connectivity index is 0.00000225. The maximum absolute atomic E-state index is 12.9. The summed E-state index contributed by atoms with van der Waals surface area (Å²) in [5, 5.41) is 12.1. The van der Waals surface area contributed by atoms with Crippen LogP contribution in [0, 0.1) is 11.3 Å². The minimum Gasteiger partial charge on any atom is -0.342 e. The third-order valence-electron chi connectivity index (χ3n) is 5.30. The molecule has 1 amide bonds. The van der Waals surface area contributed by atoms with Gasteiger partial charge in [-0.3, -0.25) is 4.79 Å². The van der Waals surface area contributed by atoms with E-state index in [0.717, 1.165) is 63.6 Å². The predicted octanol–water partition coefficient (Wildman–Crippen LogP) is 2.58. The molecule has 0 radical (unpaired) electrons. The van der Waals surface area contributed by atoms with E-state index in [1.807, 2.05) is 0 Å². The van der Waals surface area contributed by atoms with Crippen LogP contribution in [-0.4, -0.2) is 45.2 Å². The highest BCUT2D eigenvalue weighted by atomic mass is 35.5. The number of aromatic nitrogens is 3. The first-order chi connectivity index (χ1) is 11.4. The van der Waals surface area contributed by atoms with Gasteiger partial charge in [-0.2, -0.15) is 0 Å². The highest BCUT2D eigenvalue weighted by molar-refractivity contribution is 5.85. The minimum absolute atomic E-state index is 0. The van der Waals surface area contributed by atoms with Crippen molar-refractivity contribution in [2.24, 2.45) is 11.3 Å². The van der Waals surface area contributed by atoms with Gasteiger partial charge in [-0.1, -0.05) is 27.7 Å². The number of carbonyl (C=O) groups excluding carboxylic acids is 1. The molecule has 0 saturated carbocycles.